The SMILES string of the molecule is Cc1ccc(-n2c(C)nnc2SC(C)C(=O)N2c3ccccc3NC(=O)C2(C)C)cc1. The lowest BCUT2D eigenvalue weighted by Crippen LogP contribution is -2.60. The van der Waals surface area contributed by atoms with E-state index in [1.807, 2.05) is 67.8 Å². The van der Waals surface area contributed by atoms with Crippen molar-refractivity contribution >= 4 is 35.0 Å². The number of hydrogen-bond acceptors (Lipinski definition) is 5. The van der Waals surface area contributed by atoms with Gasteiger partial charge in [0.25, 0.3) is 0 Å². The highest BCUT2D eigenvalue weighted by atomic mass is 32.2. The fraction of sp³-hybridized carbons (Fsp3) is 0.304. The van der Waals surface area contributed by atoms with E-state index in [9.17, 15) is 9.59 Å². The molecule has 1 unspecified atom stereocenters. The highest BCUT2D eigenvalue weighted by Crippen LogP contribution is 2.38. The molecular weight excluding hydrogens is 410 g/mol. The maximum absolute atomic E-state index is 13.6. The van der Waals surface area contributed by atoms with E-state index in [-0.39, 0.29) is 11.8 Å². The molecular formula is C23H25N5O2S. The summed E-state index contributed by atoms with van der Waals surface area (Å²) in [5.41, 5.74) is 2.42. The minimum Gasteiger partial charge on any atom is -0.322 e. The predicted octanol–water partition coefficient (Wildman–Crippen LogP) is 4.13. The average Bonchev–Trinajstić information content (AvgIpc) is 3.09. The molecule has 0 aliphatic carbocycles. The molecule has 0 radical (unpaired) electrons. The first-order valence-electron chi connectivity index (χ1n) is 10.1. The summed E-state index contributed by atoms with van der Waals surface area (Å²) in [5, 5.41) is 11.6. The molecule has 1 atom stereocenters. The van der Waals surface area contributed by atoms with Gasteiger partial charge in [-0.25, -0.2) is 0 Å². The van der Waals surface area contributed by atoms with Gasteiger partial charge in [-0.2, -0.15) is 0 Å². The summed E-state index contributed by atoms with van der Waals surface area (Å²) in [6.45, 7) is 9.27. The molecule has 31 heavy (non-hydrogen) atoms. The second-order valence-corrected chi connectivity index (χ2v) is 9.47. The van der Waals surface area contributed by atoms with Crippen LogP contribution < -0.4 is 10.2 Å². The largest absolute Gasteiger partial charge is 0.322 e. The van der Waals surface area contributed by atoms with Crippen molar-refractivity contribution < 1.29 is 9.59 Å². The van der Waals surface area contributed by atoms with Gasteiger partial charge in [0.15, 0.2) is 5.16 Å². The zero-order valence-corrected chi connectivity index (χ0v) is 19.0. The Labute approximate surface area is 185 Å². The third-order valence-corrected chi connectivity index (χ3v) is 6.48. The van der Waals surface area contributed by atoms with Gasteiger partial charge in [-0.1, -0.05) is 41.6 Å². The summed E-state index contributed by atoms with van der Waals surface area (Å²) >= 11 is 1.33. The monoisotopic (exact) mass is 435 g/mol. The summed E-state index contributed by atoms with van der Waals surface area (Å²) in [7, 11) is 0. The van der Waals surface area contributed by atoms with E-state index < -0.39 is 10.8 Å². The first-order valence-corrected chi connectivity index (χ1v) is 11.0. The lowest BCUT2D eigenvalue weighted by Gasteiger charge is -2.43. The van der Waals surface area contributed by atoms with Crippen molar-refractivity contribution in [2.75, 3.05) is 10.2 Å². The van der Waals surface area contributed by atoms with Crippen molar-refractivity contribution in [3.8, 4) is 5.69 Å². The quantitative estimate of drug-likeness (QED) is 0.624. The Hall–Kier alpha value is -3.13. The number of thioether (sulfide) groups is 1. The van der Waals surface area contributed by atoms with Crippen LogP contribution in [0.4, 0.5) is 11.4 Å². The highest BCUT2D eigenvalue weighted by molar-refractivity contribution is 8.00. The number of rotatable bonds is 4. The van der Waals surface area contributed by atoms with Crippen LogP contribution in [0.1, 0.15) is 32.2 Å². The Morgan fingerprint density at radius 2 is 1.74 bits per heavy atom. The molecule has 7 nitrogen and oxygen atoms in total. The molecule has 2 amide bonds. The standard InChI is InChI=1S/C23H25N5O2S/c1-14-10-12-17(13-11-14)27-16(3)25-26-22(27)31-15(2)20(29)28-19-9-7-6-8-18(19)24-21(30)23(28,4)5/h6-13,15H,1-5H3,(H,24,30). The Bertz CT molecular complexity index is 1150. The molecule has 1 aliphatic heterocycles. The number of amides is 2. The zero-order chi connectivity index (χ0) is 22.3. The minimum atomic E-state index is -1.01. The van der Waals surface area contributed by atoms with Gasteiger partial charge in [0.05, 0.1) is 16.6 Å². The summed E-state index contributed by atoms with van der Waals surface area (Å²) in [6, 6.07) is 15.4. The van der Waals surface area contributed by atoms with Crippen LogP contribution in [0.3, 0.4) is 0 Å². The molecule has 2 aromatic carbocycles. The van der Waals surface area contributed by atoms with Gasteiger partial charge < -0.3 is 5.32 Å². The molecule has 0 saturated heterocycles. The van der Waals surface area contributed by atoms with Gasteiger partial charge in [0.1, 0.15) is 11.4 Å². The second-order valence-electron chi connectivity index (χ2n) is 8.16. The third-order valence-electron chi connectivity index (χ3n) is 5.45. The van der Waals surface area contributed by atoms with E-state index in [0.29, 0.717) is 16.5 Å². The lowest BCUT2D eigenvalue weighted by molar-refractivity contribution is -0.126. The van der Waals surface area contributed by atoms with Crippen molar-refractivity contribution in [2.24, 2.45) is 0 Å². The Balaban J connectivity index is 1.66. The van der Waals surface area contributed by atoms with Gasteiger partial charge in [0, 0.05) is 5.69 Å². The molecule has 3 aromatic rings. The number of nitrogens with zero attached hydrogens (tertiary/aromatic N) is 4. The third kappa shape index (κ3) is 3.72. The molecule has 160 valence electrons. The van der Waals surface area contributed by atoms with E-state index in [1.165, 1.54) is 11.8 Å². The molecule has 1 aliphatic rings. The van der Waals surface area contributed by atoms with Crippen molar-refractivity contribution in [3.05, 3.63) is 59.9 Å². The van der Waals surface area contributed by atoms with Crippen LogP contribution >= 0.6 is 11.8 Å². The van der Waals surface area contributed by atoms with Crippen molar-refractivity contribution in [1.82, 2.24) is 14.8 Å². The zero-order valence-electron chi connectivity index (χ0n) is 18.2. The van der Waals surface area contributed by atoms with Crippen molar-refractivity contribution in [1.29, 1.82) is 0 Å². The van der Waals surface area contributed by atoms with E-state index in [2.05, 4.69) is 15.5 Å². The molecule has 4 rings (SSSR count). The summed E-state index contributed by atoms with van der Waals surface area (Å²) in [5.74, 6) is 0.373. The molecule has 1 aromatic heterocycles. The van der Waals surface area contributed by atoms with E-state index >= 15 is 0 Å². The number of anilines is 2. The van der Waals surface area contributed by atoms with Gasteiger partial charge >= 0.3 is 0 Å². The smallest absolute Gasteiger partial charge is 0.250 e. The van der Waals surface area contributed by atoms with E-state index in [1.54, 1.807) is 24.8 Å². The second kappa shape index (κ2) is 7.85. The Morgan fingerprint density at radius 1 is 1.06 bits per heavy atom. The normalized spacial score (nSPS) is 15.9. The first-order chi connectivity index (χ1) is 14.7. The molecule has 0 fully saturated rings. The van der Waals surface area contributed by atoms with Crippen LogP contribution in [0.25, 0.3) is 5.69 Å². The lowest BCUT2D eigenvalue weighted by atomic mass is 9.96. The van der Waals surface area contributed by atoms with Gasteiger partial charge in [-0.3, -0.25) is 19.1 Å². The molecule has 0 spiro atoms. The number of benzene rings is 2. The molecule has 2 heterocycles. The number of carbonyl (C=O) groups excluding carboxylic acids is 2. The Kier molecular flexibility index (Phi) is 5.35. The number of nitrogens with one attached hydrogen (secondary N) is 1. The summed E-state index contributed by atoms with van der Waals surface area (Å²) in [6.07, 6.45) is 0. The number of aryl methyl sites for hydroxylation is 2. The van der Waals surface area contributed by atoms with E-state index in [4.69, 9.17) is 0 Å². The fourth-order valence-corrected chi connectivity index (χ4v) is 4.60. The van der Waals surface area contributed by atoms with Crippen LogP contribution in [0.2, 0.25) is 0 Å². The molecule has 0 bridgehead atoms. The summed E-state index contributed by atoms with van der Waals surface area (Å²) in [4.78, 5) is 27.9. The molecule has 1 N–H and O–H groups in total. The van der Waals surface area contributed by atoms with Crippen molar-refractivity contribution in [2.45, 2.75) is 50.6 Å². The highest BCUT2D eigenvalue weighted by Gasteiger charge is 2.45. The average molecular weight is 436 g/mol. The van der Waals surface area contributed by atoms with Crippen LogP contribution in [-0.4, -0.2) is 37.4 Å². The minimum absolute atomic E-state index is 0.159. The van der Waals surface area contributed by atoms with Gasteiger partial charge in [-0.05, 0) is 58.9 Å². The number of para-hydroxylation sites is 2. The predicted molar refractivity (Wildman–Crippen MR) is 123 cm³/mol. The fourth-order valence-electron chi connectivity index (χ4n) is 3.65. The molecule has 0 saturated carbocycles. The van der Waals surface area contributed by atoms with Crippen LogP contribution in [0, 0.1) is 13.8 Å². The maximum atomic E-state index is 13.6. The van der Waals surface area contributed by atoms with Gasteiger partial charge in [0.2, 0.25) is 11.8 Å². The maximum Gasteiger partial charge on any atom is 0.250 e. The number of aromatic nitrogens is 3. The summed E-state index contributed by atoms with van der Waals surface area (Å²) < 4.78 is 1.94. The first kappa shape index (κ1) is 21.1. The number of hydrogen-bond donors (Lipinski definition) is 1. The number of carbonyl (C=O) groups is 2. The van der Waals surface area contributed by atoms with Crippen LogP contribution in [0.5, 0.6) is 0 Å². The molecule has 8 heteroatoms. The topological polar surface area (TPSA) is 80.1 Å². The van der Waals surface area contributed by atoms with E-state index in [0.717, 1.165) is 17.1 Å². The van der Waals surface area contributed by atoms with Crippen LogP contribution in [-0.2, 0) is 9.59 Å². The van der Waals surface area contributed by atoms with Gasteiger partial charge in [-0.15, -0.1) is 10.2 Å². The van der Waals surface area contributed by atoms with Crippen molar-refractivity contribution in [3.63, 3.8) is 0 Å². The Morgan fingerprint density at radius 3 is 2.45 bits per heavy atom. The number of fused-ring (bicyclic) bond motifs is 1. The van der Waals surface area contributed by atoms with Crippen LogP contribution in [0.15, 0.2) is 53.7 Å².